The van der Waals surface area contributed by atoms with Gasteiger partial charge in [0.2, 0.25) is 5.91 Å². The van der Waals surface area contributed by atoms with Crippen molar-refractivity contribution < 1.29 is 19.5 Å². The third kappa shape index (κ3) is 3.45. The van der Waals surface area contributed by atoms with Crippen LogP contribution in [0.4, 0.5) is 9.80 Å². The summed E-state index contributed by atoms with van der Waals surface area (Å²) >= 11 is 1.09. The molecule has 0 spiro atoms. The van der Waals surface area contributed by atoms with Crippen LogP contribution in [0.2, 0.25) is 0 Å². The molecular weight excluding hydrogens is 246 g/mol. The van der Waals surface area contributed by atoms with Gasteiger partial charge < -0.3 is 21.5 Å². The zero-order valence-corrected chi connectivity index (χ0v) is 9.71. The zero-order chi connectivity index (χ0) is 13.0. The number of primary amides is 1. The number of carboxylic acids is 1. The Labute approximate surface area is 101 Å². The largest absolute Gasteiger partial charge is 0.478 e. The average Bonchev–Trinajstić information content (AvgIpc) is 2.64. The van der Waals surface area contributed by atoms with E-state index in [0.717, 1.165) is 11.3 Å². The van der Waals surface area contributed by atoms with E-state index in [1.54, 1.807) is 5.38 Å². The molecule has 1 unspecified atom stereocenters. The lowest BCUT2D eigenvalue weighted by molar-refractivity contribution is -0.117. The van der Waals surface area contributed by atoms with Crippen molar-refractivity contribution in [1.29, 1.82) is 0 Å². The Hall–Kier alpha value is -2.09. The van der Waals surface area contributed by atoms with Crippen molar-refractivity contribution in [3.8, 4) is 0 Å². The molecule has 0 radical (unpaired) electrons. The number of nitrogens with one attached hydrogen (secondary N) is 2. The maximum atomic E-state index is 11.6. The van der Waals surface area contributed by atoms with Gasteiger partial charge in [-0.1, -0.05) is 0 Å². The SMILES string of the molecule is CC(NC(N)=O)C(=O)Nc1sccc1C(=O)O. The number of rotatable bonds is 4. The summed E-state index contributed by atoms with van der Waals surface area (Å²) in [5, 5.41) is 15.2. The van der Waals surface area contributed by atoms with E-state index in [0.29, 0.717) is 0 Å². The lowest BCUT2D eigenvalue weighted by Crippen LogP contribution is -2.44. The Morgan fingerprint density at radius 2 is 2.12 bits per heavy atom. The van der Waals surface area contributed by atoms with Gasteiger partial charge in [-0.3, -0.25) is 4.79 Å². The van der Waals surface area contributed by atoms with Crippen LogP contribution in [0.3, 0.4) is 0 Å². The van der Waals surface area contributed by atoms with Crippen molar-refractivity contribution in [2.45, 2.75) is 13.0 Å². The Kier molecular flexibility index (Phi) is 4.05. The summed E-state index contributed by atoms with van der Waals surface area (Å²) in [4.78, 5) is 32.9. The lowest BCUT2D eigenvalue weighted by atomic mass is 10.3. The van der Waals surface area contributed by atoms with E-state index in [1.165, 1.54) is 13.0 Å². The van der Waals surface area contributed by atoms with Crippen molar-refractivity contribution >= 4 is 34.2 Å². The third-order valence-corrected chi connectivity index (χ3v) is 2.71. The van der Waals surface area contributed by atoms with Gasteiger partial charge in [0, 0.05) is 0 Å². The summed E-state index contributed by atoms with van der Waals surface area (Å²) < 4.78 is 0. The van der Waals surface area contributed by atoms with Gasteiger partial charge in [0.25, 0.3) is 0 Å². The van der Waals surface area contributed by atoms with Gasteiger partial charge in [-0.05, 0) is 18.4 Å². The van der Waals surface area contributed by atoms with Crippen molar-refractivity contribution in [2.75, 3.05) is 5.32 Å². The van der Waals surface area contributed by atoms with Crippen LogP contribution in [0, 0.1) is 0 Å². The molecule has 0 aliphatic rings. The molecule has 5 N–H and O–H groups in total. The summed E-state index contributed by atoms with van der Waals surface area (Å²) in [6.07, 6.45) is 0. The van der Waals surface area contributed by atoms with E-state index in [-0.39, 0.29) is 10.6 Å². The van der Waals surface area contributed by atoms with Crippen LogP contribution in [-0.2, 0) is 4.79 Å². The Bertz CT molecular complexity index is 457. The molecule has 8 heteroatoms. The summed E-state index contributed by atoms with van der Waals surface area (Å²) in [5.41, 5.74) is 4.87. The Balaban J connectivity index is 2.71. The number of amides is 3. The van der Waals surface area contributed by atoms with Gasteiger partial charge >= 0.3 is 12.0 Å². The molecule has 92 valence electrons. The normalized spacial score (nSPS) is 11.6. The standard InChI is InChI=1S/C9H11N3O4S/c1-4(11-9(10)16)6(13)12-7-5(8(14)15)2-3-17-7/h2-4H,1H3,(H,12,13)(H,14,15)(H3,10,11,16). The highest BCUT2D eigenvalue weighted by molar-refractivity contribution is 7.14. The molecule has 0 bridgehead atoms. The Morgan fingerprint density at radius 3 is 2.65 bits per heavy atom. The summed E-state index contributed by atoms with van der Waals surface area (Å²) in [6, 6.07) is -0.275. The van der Waals surface area contributed by atoms with Gasteiger partial charge in [0.1, 0.15) is 11.0 Å². The fourth-order valence-electron chi connectivity index (χ4n) is 1.07. The van der Waals surface area contributed by atoms with Crippen molar-refractivity contribution in [2.24, 2.45) is 5.73 Å². The minimum absolute atomic E-state index is 0.00891. The maximum Gasteiger partial charge on any atom is 0.338 e. The number of urea groups is 1. The van der Waals surface area contributed by atoms with Gasteiger partial charge in [-0.15, -0.1) is 11.3 Å². The monoisotopic (exact) mass is 257 g/mol. The van der Waals surface area contributed by atoms with E-state index >= 15 is 0 Å². The first kappa shape index (κ1) is 13.0. The molecule has 0 saturated heterocycles. The summed E-state index contributed by atoms with van der Waals surface area (Å²) in [7, 11) is 0. The summed E-state index contributed by atoms with van der Waals surface area (Å²) in [5.74, 6) is -1.66. The minimum atomic E-state index is -1.13. The molecule has 1 aromatic rings. The second-order valence-corrected chi connectivity index (χ2v) is 4.10. The number of carbonyl (C=O) groups is 3. The van der Waals surface area contributed by atoms with E-state index in [2.05, 4.69) is 10.6 Å². The zero-order valence-electron chi connectivity index (χ0n) is 8.89. The molecule has 0 fully saturated rings. The molecule has 0 aliphatic heterocycles. The maximum absolute atomic E-state index is 11.6. The van der Waals surface area contributed by atoms with Gasteiger partial charge in [0.15, 0.2) is 0 Å². The van der Waals surface area contributed by atoms with Crippen LogP contribution in [0.15, 0.2) is 11.4 Å². The number of anilines is 1. The van der Waals surface area contributed by atoms with Crippen LogP contribution in [0.5, 0.6) is 0 Å². The van der Waals surface area contributed by atoms with Crippen LogP contribution in [-0.4, -0.2) is 29.1 Å². The predicted octanol–water partition coefficient (Wildman–Crippen LogP) is 0.442. The molecule has 3 amide bonds. The van der Waals surface area contributed by atoms with Crippen LogP contribution in [0.25, 0.3) is 0 Å². The molecule has 1 rings (SSSR count). The summed E-state index contributed by atoms with van der Waals surface area (Å²) in [6.45, 7) is 1.44. The highest BCUT2D eigenvalue weighted by Gasteiger charge is 2.18. The van der Waals surface area contributed by atoms with E-state index in [4.69, 9.17) is 10.8 Å². The number of hydrogen-bond donors (Lipinski definition) is 4. The second kappa shape index (κ2) is 5.30. The predicted molar refractivity (Wildman–Crippen MR) is 62.1 cm³/mol. The molecule has 1 atom stereocenters. The van der Waals surface area contributed by atoms with E-state index < -0.39 is 23.9 Å². The highest BCUT2D eigenvalue weighted by atomic mass is 32.1. The Morgan fingerprint density at radius 1 is 1.47 bits per heavy atom. The topological polar surface area (TPSA) is 122 Å². The van der Waals surface area contributed by atoms with Crippen molar-refractivity contribution in [1.82, 2.24) is 5.32 Å². The highest BCUT2D eigenvalue weighted by Crippen LogP contribution is 2.23. The number of nitrogens with two attached hydrogens (primary N) is 1. The molecule has 7 nitrogen and oxygen atoms in total. The fraction of sp³-hybridized carbons (Fsp3) is 0.222. The van der Waals surface area contributed by atoms with Crippen molar-refractivity contribution in [3.63, 3.8) is 0 Å². The van der Waals surface area contributed by atoms with Gasteiger partial charge in [-0.25, -0.2) is 9.59 Å². The molecule has 0 aliphatic carbocycles. The molecule has 17 heavy (non-hydrogen) atoms. The molecule has 0 aromatic carbocycles. The molecular formula is C9H11N3O4S. The van der Waals surface area contributed by atoms with Crippen LogP contribution >= 0.6 is 11.3 Å². The van der Waals surface area contributed by atoms with E-state index in [1.807, 2.05) is 0 Å². The first-order valence-electron chi connectivity index (χ1n) is 4.59. The van der Waals surface area contributed by atoms with E-state index in [9.17, 15) is 14.4 Å². The fourth-order valence-corrected chi connectivity index (χ4v) is 1.86. The van der Waals surface area contributed by atoms with Crippen LogP contribution < -0.4 is 16.4 Å². The molecule has 0 saturated carbocycles. The second-order valence-electron chi connectivity index (χ2n) is 3.19. The van der Waals surface area contributed by atoms with Crippen LogP contribution in [0.1, 0.15) is 17.3 Å². The number of carboxylic acid groups (broad SMARTS) is 1. The van der Waals surface area contributed by atoms with Crippen molar-refractivity contribution in [3.05, 3.63) is 17.0 Å². The number of hydrogen-bond acceptors (Lipinski definition) is 4. The lowest BCUT2D eigenvalue weighted by Gasteiger charge is -2.11. The number of thiophene rings is 1. The quantitative estimate of drug-likeness (QED) is 0.625. The third-order valence-electron chi connectivity index (χ3n) is 1.88. The van der Waals surface area contributed by atoms with Gasteiger partial charge in [-0.2, -0.15) is 0 Å². The smallest absolute Gasteiger partial charge is 0.338 e. The first-order valence-corrected chi connectivity index (χ1v) is 5.47. The first-order chi connectivity index (χ1) is 7.91. The van der Waals surface area contributed by atoms with Gasteiger partial charge in [0.05, 0.1) is 5.56 Å². The number of aromatic carboxylic acids is 1. The molecule has 1 heterocycles. The average molecular weight is 257 g/mol. The minimum Gasteiger partial charge on any atom is -0.478 e. The number of carbonyl (C=O) groups excluding carboxylic acids is 2. The molecule has 1 aromatic heterocycles.